The third-order valence-corrected chi connectivity index (χ3v) is 2.16. The van der Waals surface area contributed by atoms with Gasteiger partial charge in [0.25, 0.3) is 0 Å². The van der Waals surface area contributed by atoms with E-state index in [0.717, 1.165) is 0 Å². The number of hydrogen-bond acceptors (Lipinski definition) is 2. The molecule has 5 heteroatoms. The van der Waals surface area contributed by atoms with Gasteiger partial charge in [0.15, 0.2) is 0 Å². The van der Waals surface area contributed by atoms with E-state index in [1.807, 2.05) is 0 Å². The van der Waals surface area contributed by atoms with Gasteiger partial charge in [0, 0.05) is 17.8 Å². The van der Waals surface area contributed by atoms with Crippen LogP contribution in [0.1, 0.15) is 10.4 Å². The lowest BCUT2D eigenvalue weighted by Gasteiger charge is -1.98. The number of carboxylic acid groups (broad SMARTS) is 1. The molecule has 0 aliphatic heterocycles. The summed E-state index contributed by atoms with van der Waals surface area (Å²) >= 11 is 5.84. The molecule has 0 fully saturated rings. The van der Waals surface area contributed by atoms with E-state index >= 15 is 0 Å². The normalized spacial score (nSPS) is 10.5. The van der Waals surface area contributed by atoms with Crippen molar-refractivity contribution >= 4 is 28.6 Å². The number of rotatable bonds is 1. The van der Waals surface area contributed by atoms with Crippen LogP contribution in [-0.4, -0.2) is 21.0 Å². The second kappa shape index (κ2) is 2.74. The molecule has 66 valence electrons. The fourth-order valence-corrected chi connectivity index (χ4v) is 1.41. The van der Waals surface area contributed by atoms with E-state index in [2.05, 4.69) is 9.97 Å². The maximum absolute atomic E-state index is 10.7. The van der Waals surface area contributed by atoms with Crippen molar-refractivity contribution in [2.75, 3.05) is 0 Å². The number of carboxylic acids is 1. The van der Waals surface area contributed by atoms with Crippen LogP contribution in [-0.2, 0) is 0 Å². The number of carbonyl (C=O) groups is 1. The Kier molecular flexibility index (Phi) is 1.70. The molecular formula is C8H5ClN2O2. The van der Waals surface area contributed by atoms with E-state index in [0.29, 0.717) is 11.0 Å². The number of halogens is 1. The van der Waals surface area contributed by atoms with Gasteiger partial charge in [-0.1, -0.05) is 11.6 Å². The first kappa shape index (κ1) is 8.07. The minimum Gasteiger partial charge on any atom is -0.478 e. The van der Waals surface area contributed by atoms with Gasteiger partial charge in [0.05, 0.1) is 10.6 Å². The van der Waals surface area contributed by atoms with Crippen molar-refractivity contribution in [3.63, 3.8) is 0 Å². The summed E-state index contributed by atoms with van der Waals surface area (Å²) in [6.07, 6.45) is 2.90. The summed E-state index contributed by atoms with van der Waals surface area (Å²) in [6, 6.07) is 1.69. The van der Waals surface area contributed by atoms with Gasteiger partial charge in [-0.15, -0.1) is 0 Å². The number of H-pyrrole nitrogens is 1. The van der Waals surface area contributed by atoms with Gasteiger partial charge in [0.2, 0.25) is 0 Å². The van der Waals surface area contributed by atoms with Crippen LogP contribution in [0, 0.1) is 0 Å². The van der Waals surface area contributed by atoms with Gasteiger partial charge >= 0.3 is 5.97 Å². The van der Waals surface area contributed by atoms with Crippen molar-refractivity contribution < 1.29 is 9.90 Å². The van der Waals surface area contributed by atoms with E-state index in [1.54, 1.807) is 12.3 Å². The van der Waals surface area contributed by atoms with Crippen LogP contribution in [0.4, 0.5) is 0 Å². The summed E-state index contributed by atoms with van der Waals surface area (Å²) in [5.41, 5.74) is 0.615. The molecule has 0 unspecified atom stereocenters. The fraction of sp³-hybridized carbons (Fsp3) is 0. The van der Waals surface area contributed by atoms with Crippen molar-refractivity contribution in [3.05, 3.63) is 29.0 Å². The van der Waals surface area contributed by atoms with E-state index < -0.39 is 5.97 Å². The molecule has 2 heterocycles. The minimum atomic E-state index is -1.07. The lowest BCUT2D eigenvalue weighted by atomic mass is 10.2. The standard InChI is InChI=1S/C8H5ClN2O2/c9-6-4-1-2-10-7(4)11-3-5(6)8(12)13/h1-3H,(H,10,11)(H,12,13). The van der Waals surface area contributed by atoms with Crippen LogP contribution in [0.15, 0.2) is 18.5 Å². The molecule has 0 saturated carbocycles. The third kappa shape index (κ3) is 1.15. The summed E-state index contributed by atoms with van der Waals surface area (Å²) in [6.45, 7) is 0. The third-order valence-electron chi connectivity index (χ3n) is 1.75. The van der Waals surface area contributed by atoms with Crippen LogP contribution in [0.5, 0.6) is 0 Å². The van der Waals surface area contributed by atoms with Crippen LogP contribution in [0.25, 0.3) is 11.0 Å². The molecule has 2 aromatic rings. The monoisotopic (exact) mass is 196 g/mol. The molecule has 0 aromatic carbocycles. The lowest BCUT2D eigenvalue weighted by molar-refractivity contribution is 0.0697. The van der Waals surface area contributed by atoms with Crippen molar-refractivity contribution in [2.45, 2.75) is 0 Å². The molecule has 0 amide bonds. The highest BCUT2D eigenvalue weighted by Gasteiger charge is 2.12. The predicted molar refractivity (Wildman–Crippen MR) is 48.1 cm³/mol. The highest BCUT2D eigenvalue weighted by Crippen LogP contribution is 2.24. The van der Waals surface area contributed by atoms with Gasteiger partial charge < -0.3 is 10.1 Å². The van der Waals surface area contributed by atoms with Crippen LogP contribution in [0.3, 0.4) is 0 Å². The molecule has 13 heavy (non-hydrogen) atoms. The molecule has 0 aliphatic carbocycles. The summed E-state index contributed by atoms with van der Waals surface area (Å²) in [7, 11) is 0. The van der Waals surface area contributed by atoms with Crippen molar-refractivity contribution in [2.24, 2.45) is 0 Å². The van der Waals surface area contributed by atoms with E-state index in [-0.39, 0.29) is 10.6 Å². The molecule has 0 spiro atoms. The Bertz CT molecular complexity index is 478. The number of hydrogen-bond donors (Lipinski definition) is 2. The zero-order valence-electron chi connectivity index (χ0n) is 6.41. The summed E-state index contributed by atoms with van der Waals surface area (Å²) in [5, 5.41) is 9.58. The molecule has 0 aliphatic rings. The van der Waals surface area contributed by atoms with Gasteiger partial charge in [-0.25, -0.2) is 9.78 Å². The molecule has 0 atom stereocenters. The first-order valence-corrected chi connectivity index (χ1v) is 3.93. The number of aromatic nitrogens is 2. The summed E-state index contributed by atoms with van der Waals surface area (Å²) < 4.78 is 0. The van der Waals surface area contributed by atoms with E-state index in [9.17, 15) is 4.79 Å². The number of pyridine rings is 1. The average Bonchev–Trinajstić information content (AvgIpc) is 2.52. The number of aromatic amines is 1. The summed E-state index contributed by atoms with van der Waals surface area (Å²) in [5.74, 6) is -1.07. The van der Waals surface area contributed by atoms with Crippen LogP contribution < -0.4 is 0 Å². The first-order valence-electron chi connectivity index (χ1n) is 3.55. The van der Waals surface area contributed by atoms with Crippen molar-refractivity contribution in [1.82, 2.24) is 9.97 Å². The smallest absolute Gasteiger partial charge is 0.338 e. The van der Waals surface area contributed by atoms with Gasteiger partial charge in [-0.3, -0.25) is 0 Å². The van der Waals surface area contributed by atoms with Gasteiger partial charge in [0.1, 0.15) is 5.65 Å². The maximum Gasteiger partial charge on any atom is 0.338 e. The zero-order chi connectivity index (χ0) is 9.42. The highest BCUT2D eigenvalue weighted by molar-refractivity contribution is 6.38. The Morgan fingerprint density at radius 1 is 1.62 bits per heavy atom. The van der Waals surface area contributed by atoms with Crippen molar-refractivity contribution in [3.8, 4) is 0 Å². The Balaban J connectivity index is 2.80. The molecular weight excluding hydrogens is 192 g/mol. The Labute approximate surface area is 78.2 Å². The Hall–Kier alpha value is -1.55. The number of nitrogens with one attached hydrogen (secondary N) is 1. The molecule has 2 N–H and O–H groups in total. The van der Waals surface area contributed by atoms with Crippen LogP contribution >= 0.6 is 11.6 Å². The fourth-order valence-electron chi connectivity index (χ4n) is 1.12. The molecule has 0 radical (unpaired) electrons. The van der Waals surface area contributed by atoms with Crippen molar-refractivity contribution in [1.29, 1.82) is 0 Å². The molecule has 4 nitrogen and oxygen atoms in total. The largest absolute Gasteiger partial charge is 0.478 e. The zero-order valence-corrected chi connectivity index (χ0v) is 7.17. The summed E-state index contributed by atoms with van der Waals surface area (Å²) in [4.78, 5) is 17.4. The number of aromatic carboxylic acids is 1. The minimum absolute atomic E-state index is 0.0220. The first-order chi connectivity index (χ1) is 6.20. The number of fused-ring (bicyclic) bond motifs is 1. The second-order valence-electron chi connectivity index (χ2n) is 2.53. The maximum atomic E-state index is 10.7. The van der Waals surface area contributed by atoms with E-state index in [4.69, 9.17) is 16.7 Å². The molecule has 0 bridgehead atoms. The predicted octanol–water partition coefficient (Wildman–Crippen LogP) is 1.91. The molecule has 2 aromatic heterocycles. The highest BCUT2D eigenvalue weighted by atomic mass is 35.5. The lowest BCUT2D eigenvalue weighted by Crippen LogP contribution is -1.98. The quantitative estimate of drug-likeness (QED) is 0.732. The average molecular weight is 197 g/mol. The number of nitrogens with zero attached hydrogens (tertiary/aromatic N) is 1. The van der Waals surface area contributed by atoms with Crippen LogP contribution in [0.2, 0.25) is 5.02 Å². The van der Waals surface area contributed by atoms with E-state index in [1.165, 1.54) is 6.20 Å². The van der Waals surface area contributed by atoms with Gasteiger partial charge in [-0.05, 0) is 6.07 Å². The Morgan fingerprint density at radius 2 is 2.38 bits per heavy atom. The molecule has 2 rings (SSSR count). The topological polar surface area (TPSA) is 66.0 Å². The van der Waals surface area contributed by atoms with Gasteiger partial charge in [-0.2, -0.15) is 0 Å². The second-order valence-corrected chi connectivity index (χ2v) is 2.91. The SMILES string of the molecule is O=C(O)c1cnc2[nH]ccc2c1Cl. The Morgan fingerprint density at radius 3 is 3.08 bits per heavy atom. The molecule has 0 saturated heterocycles.